The highest BCUT2D eigenvalue weighted by atomic mass is 16.5. The van der Waals surface area contributed by atoms with Gasteiger partial charge in [0.25, 0.3) is 0 Å². The number of nitrogens with one attached hydrogen (secondary N) is 1. The number of hydrogen-bond donors (Lipinski definition) is 2. The molecule has 1 unspecified atom stereocenters. The fourth-order valence-corrected chi connectivity index (χ4v) is 4.75. The van der Waals surface area contributed by atoms with Crippen LogP contribution in [0.25, 0.3) is 10.9 Å². The van der Waals surface area contributed by atoms with E-state index in [-0.39, 0.29) is 18.1 Å². The van der Waals surface area contributed by atoms with Gasteiger partial charge >= 0.3 is 0 Å². The Morgan fingerprint density at radius 3 is 3.09 bits per heavy atom. The molecule has 2 aromatic rings. The van der Waals surface area contributed by atoms with Gasteiger partial charge in [-0.25, -0.2) is 0 Å². The van der Waals surface area contributed by atoms with Crippen molar-refractivity contribution < 1.29 is 9.84 Å². The molecule has 1 aromatic heterocycles. The Morgan fingerprint density at radius 1 is 1.43 bits per heavy atom. The fourth-order valence-electron chi connectivity index (χ4n) is 4.75. The number of piperidine rings is 1. The Hall–Kier alpha value is -1.36. The van der Waals surface area contributed by atoms with Gasteiger partial charge in [-0.15, -0.1) is 0 Å². The van der Waals surface area contributed by atoms with Crippen molar-refractivity contribution in [3.05, 3.63) is 35.5 Å². The van der Waals surface area contributed by atoms with E-state index in [1.165, 1.54) is 22.0 Å². The first kappa shape index (κ1) is 15.2. The predicted octanol–water partition coefficient (Wildman–Crippen LogP) is 2.66. The van der Waals surface area contributed by atoms with Gasteiger partial charge in [0.05, 0.1) is 0 Å². The Bertz CT molecular complexity index is 710. The third kappa shape index (κ3) is 2.16. The minimum atomic E-state index is -0.300. The summed E-state index contributed by atoms with van der Waals surface area (Å²) in [6.45, 7) is 4.09. The van der Waals surface area contributed by atoms with Crippen LogP contribution in [0.5, 0.6) is 0 Å². The molecule has 4 rings (SSSR count). The number of aliphatic hydroxyl groups is 1. The van der Waals surface area contributed by atoms with Crippen molar-refractivity contribution in [1.29, 1.82) is 0 Å². The lowest BCUT2D eigenvalue weighted by atomic mass is 9.68. The van der Waals surface area contributed by atoms with Crippen LogP contribution in [-0.2, 0) is 16.8 Å². The predicted molar refractivity (Wildman–Crippen MR) is 91.5 cm³/mol. The van der Waals surface area contributed by atoms with E-state index in [0.29, 0.717) is 6.04 Å². The smallest absolute Gasteiger partial charge is 0.110 e. The molecule has 4 nitrogen and oxygen atoms in total. The highest BCUT2D eigenvalue weighted by Crippen LogP contribution is 2.49. The van der Waals surface area contributed by atoms with Gasteiger partial charge in [-0.2, -0.15) is 0 Å². The van der Waals surface area contributed by atoms with Crippen LogP contribution >= 0.6 is 0 Å². The second-order valence-corrected chi connectivity index (χ2v) is 7.19. The molecule has 1 fully saturated rings. The molecule has 0 spiro atoms. The molecule has 0 amide bonds. The molecule has 1 aliphatic heterocycles. The van der Waals surface area contributed by atoms with Crippen molar-refractivity contribution in [3.63, 3.8) is 0 Å². The number of hydrogen-bond acceptors (Lipinski definition) is 3. The molecule has 3 atom stereocenters. The average Bonchev–Trinajstić information content (AvgIpc) is 2.99. The Balaban J connectivity index is 1.91. The summed E-state index contributed by atoms with van der Waals surface area (Å²) in [6, 6.07) is 6.84. The third-order valence-corrected chi connectivity index (χ3v) is 5.69. The lowest BCUT2D eigenvalue weighted by Crippen LogP contribution is -2.60. The van der Waals surface area contributed by atoms with E-state index >= 15 is 0 Å². The lowest BCUT2D eigenvalue weighted by molar-refractivity contribution is -0.149. The van der Waals surface area contributed by atoms with Crippen molar-refractivity contribution in [2.24, 2.45) is 5.92 Å². The van der Waals surface area contributed by atoms with Crippen LogP contribution in [0.15, 0.2) is 24.4 Å². The highest BCUT2D eigenvalue weighted by Gasteiger charge is 2.51. The first-order chi connectivity index (χ1) is 11.2. The number of likely N-dealkylation sites (tertiary alicyclic amines) is 1. The maximum Gasteiger partial charge on any atom is 0.110 e. The van der Waals surface area contributed by atoms with Crippen molar-refractivity contribution in [2.75, 3.05) is 26.8 Å². The van der Waals surface area contributed by atoms with Gasteiger partial charge in [-0.1, -0.05) is 19.1 Å². The third-order valence-electron chi connectivity index (χ3n) is 5.69. The second kappa shape index (κ2) is 5.62. The van der Waals surface area contributed by atoms with Crippen LogP contribution < -0.4 is 0 Å². The van der Waals surface area contributed by atoms with Crippen molar-refractivity contribution in [2.45, 2.75) is 37.8 Å². The zero-order valence-electron chi connectivity index (χ0n) is 14.0. The number of ether oxygens (including phenoxy) is 1. The zero-order chi connectivity index (χ0) is 16.0. The molecule has 0 saturated carbocycles. The molecule has 0 bridgehead atoms. The summed E-state index contributed by atoms with van der Waals surface area (Å²) < 4.78 is 6.58. The summed E-state index contributed by atoms with van der Waals surface area (Å²) in [7, 11) is 2.17. The van der Waals surface area contributed by atoms with E-state index in [9.17, 15) is 5.11 Å². The summed E-state index contributed by atoms with van der Waals surface area (Å²) in [5, 5.41) is 11.1. The molecule has 2 N–H and O–H groups in total. The first-order valence-electron chi connectivity index (χ1n) is 8.74. The molecule has 1 aromatic carbocycles. The number of rotatable bonds is 4. The van der Waals surface area contributed by atoms with Crippen LogP contribution in [0.3, 0.4) is 0 Å². The molecule has 2 heterocycles. The maximum absolute atomic E-state index is 9.80. The average molecular weight is 314 g/mol. The topological polar surface area (TPSA) is 48.5 Å². The van der Waals surface area contributed by atoms with Gasteiger partial charge < -0.3 is 14.8 Å². The van der Waals surface area contributed by atoms with E-state index in [0.717, 1.165) is 32.4 Å². The molecule has 124 valence electrons. The van der Waals surface area contributed by atoms with E-state index < -0.39 is 0 Å². The van der Waals surface area contributed by atoms with Gasteiger partial charge in [0.1, 0.15) is 5.60 Å². The van der Waals surface area contributed by atoms with Crippen LogP contribution in [0.4, 0.5) is 0 Å². The fraction of sp³-hybridized carbons (Fsp3) is 0.579. The highest BCUT2D eigenvalue weighted by molar-refractivity contribution is 5.88. The minimum absolute atomic E-state index is 0.226. The zero-order valence-corrected chi connectivity index (χ0v) is 14.0. The number of aromatic amines is 1. The quantitative estimate of drug-likeness (QED) is 0.912. The molecular formula is C19H26N2O2. The van der Waals surface area contributed by atoms with Crippen molar-refractivity contribution in [3.8, 4) is 0 Å². The molecule has 23 heavy (non-hydrogen) atoms. The molecular weight excluding hydrogens is 288 g/mol. The summed E-state index contributed by atoms with van der Waals surface area (Å²) >= 11 is 0. The van der Waals surface area contributed by atoms with E-state index in [1.54, 1.807) is 0 Å². The normalized spacial score (nSPS) is 30.6. The van der Waals surface area contributed by atoms with Crippen LogP contribution in [-0.4, -0.2) is 47.8 Å². The van der Waals surface area contributed by atoms with Crippen LogP contribution in [0, 0.1) is 5.92 Å². The van der Waals surface area contributed by atoms with Gasteiger partial charge in [-0.3, -0.25) is 4.90 Å². The van der Waals surface area contributed by atoms with Gasteiger partial charge in [0, 0.05) is 42.9 Å². The number of aromatic nitrogens is 1. The van der Waals surface area contributed by atoms with Crippen LogP contribution in [0.1, 0.15) is 30.9 Å². The van der Waals surface area contributed by atoms with Gasteiger partial charge in [0.2, 0.25) is 0 Å². The van der Waals surface area contributed by atoms with Gasteiger partial charge in [-0.05, 0) is 49.4 Å². The standard InChI is InChI=1S/C19H26N2O2/c1-3-7-23-19-9-13(12-22)11-21(2)17(19)8-14-10-20-16-6-4-5-15(19)18(14)16/h4-6,10,13,17,20,22H,3,7-9,11-12H2,1-2H3/t13?,17-,19+/m1/s1. The second-order valence-electron chi connectivity index (χ2n) is 7.19. The number of aliphatic hydroxyl groups excluding tert-OH is 1. The lowest BCUT2D eigenvalue weighted by Gasteiger charge is -2.53. The van der Waals surface area contributed by atoms with E-state index in [4.69, 9.17) is 4.74 Å². The molecule has 4 heteroatoms. The first-order valence-corrected chi connectivity index (χ1v) is 8.74. The number of nitrogens with zero attached hydrogens (tertiary/aromatic N) is 1. The van der Waals surface area contributed by atoms with E-state index in [2.05, 4.69) is 48.3 Å². The summed E-state index contributed by atoms with van der Waals surface area (Å²) in [6.07, 6.45) is 5.08. The van der Waals surface area contributed by atoms with Crippen LogP contribution in [0.2, 0.25) is 0 Å². The monoisotopic (exact) mass is 314 g/mol. The van der Waals surface area contributed by atoms with Gasteiger partial charge in [0.15, 0.2) is 0 Å². The Kier molecular flexibility index (Phi) is 3.71. The summed E-state index contributed by atoms with van der Waals surface area (Å²) in [4.78, 5) is 5.82. The number of fused-ring (bicyclic) bond motifs is 2. The number of H-pyrrole nitrogens is 1. The van der Waals surface area contributed by atoms with E-state index in [1.807, 2.05) is 0 Å². The Labute approximate surface area is 137 Å². The SMILES string of the molecule is CCCO[C@]12CC(CO)CN(C)[C@@H]1Cc1c[nH]c3cccc2c13. The summed E-state index contributed by atoms with van der Waals surface area (Å²) in [5.74, 6) is 0.267. The molecule has 1 saturated heterocycles. The minimum Gasteiger partial charge on any atom is -0.396 e. The largest absolute Gasteiger partial charge is 0.396 e. The molecule has 2 aliphatic rings. The Morgan fingerprint density at radius 2 is 2.30 bits per heavy atom. The maximum atomic E-state index is 9.80. The summed E-state index contributed by atoms with van der Waals surface area (Å²) in [5.41, 5.74) is 3.60. The number of likely N-dealkylation sites (N-methyl/N-ethyl adjacent to an activating group) is 1. The van der Waals surface area contributed by atoms with Crippen molar-refractivity contribution >= 4 is 10.9 Å². The molecule has 1 aliphatic carbocycles. The number of benzene rings is 1. The van der Waals surface area contributed by atoms with Crippen molar-refractivity contribution in [1.82, 2.24) is 9.88 Å². The molecule has 0 radical (unpaired) electrons.